The molecule has 7 heteroatoms. The summed E-state index contributed by atoms with van der Waals surface area (Å²) >= 11 is 5.85. The third-order valence-corrected chi connectivity index (χ3v) is 2.89. The molecule has 0 radical (unpaired) electrons. The van der Waals surface area contributed by atoms with Crippen molar-refractivity contribution < 1.29 is 18.4 Å². The van der Waals surface area contributed by atoms with Crippen molar-refractivity contribution >= 4 is 17.3 Å². The fourth-order valence-electron chi connectivity index (χ4n) is 1.54. The fraction of sp³-hybridized carbons (Fsp3) is 0.0769. The molecule has 0 saturated carbocycles. The maximum atomic E-state index is 13.4. The molecule has 0 fully saturated rings. The number of ether oxygens (including phenoxy) is 1. The molecule has 2 aromatic carbocycles. The third kappa shape index (κ3) is 3.21. The van der Waals surface area contributed by atoms with Gasteiger partial charge in [-0.15, -0.1) is 0 Å². The van der Waals surface area contributed by atoms with Crippen molar-refractivity contribution in [2.24, 2.45) is 0 Å². The number of rotatable bonds is 4. The van der Waals surface area contributed by atoms with E-state index in [2.05, 4.69) is 0 Å². The highest BCUT2D eigenvalue weighted by atomic mass is 35.5. The molecular weight excluding hydrogens is 292 g/mol. The number of nitro benzene ring substituents is 1. The summed E-state index contributed by atoms with van der Waals surface area (Å²) in [4.78, 5) is 9.63. The molecule has 0 N–H and O–H groups in total. The van der Waals surface area contributed by atoms with Crippen LogP contribution in [0.5, 0.6) is 5.75 Å². The van der Waals surface area contributed by atoms with Gasteiger partial charge in [0, 0.05) is 22.7 Å². The molecule has 104 valence electrons. The molecule has 20 heavy (non-hydrogen) atoms. The van der Waals surface area contributed by atoms with Crippen molar-refractivity contribution in [3.05, 3.63) is 68.7 Å². The molecule has 0 amide bonds. The van der Waals surface area contributed by atoms with Crippen LogP contribution in [0.15, 0.2) is 36.4 Å². The van der Waals surface area contributed by atoms with Gasteiger partial charge in [0.2, 0.25) is 5.82 Å². The summed E-state index contributed by atoms with van der Waals surface area (Å²) in [6.45, 7) is -0.0756. The summed E-state index contributed by atoms with van der Waals surface area (Å²) in [5, 5.41) is 10.8. The minimum absolute atomic E-state index is 0.0756. The molecule has 0 aliphatic carbocycles. The van der Waals surface area contributed by atoms with Crippen LogP contribution < -0.4 is 4.74 Å². The Labute approximate surface area is 117 Å². The molecule has 4 nitrogen and oxygen atoms in total. The standard InChI is InChI=1S/C13H8ClF2NO3/c14-11-3-1-9(15)5-8(11)7-20-10-2-4-13(17(18)19)12(16)6-10/h1-6H,7H2. The molecule has 0 bridgehead atoms. The van der Waals surface area contributed by atoms with Crippen LogP contribution >= 0.6 is 11.6 Å². The van der Waals surface area contributed by atoms with Crippen LogP contribution in [-0.2, 0) is 6.61 Å². The first kappa shape index (κ1) is 14.2. The van der Waals surface area contributed by atoms with Crippen LogP contribution in [0, 0.1) is 21.7 Å². The summed E-state index contributed by atoms with van der Waals surface area (Å²) in [5.74, 6) is -1.38. The predicted octanol–water partition coefficient (Wildman–Crippen LogP) is 4.11. The smallest absolute Gasteiger partial charge is 0.305 e. The van der Waals surface area contributed by atoms with Crippen molar-refractivity contribution in [1.29, 1.82) is 0 Å². The SMILES string of the molecule is O=[N+]([O-])c1ccc(OCc2cc(F)ccc2Cl)cc1F. The summed E-state index contributed by atoms with van der Waals surface area (Å²) < 4.78 is 31.6. The average molecular weight is 300 g/mol. The van der Waals surface area contributed by atoms with Gasteiger partial charge in [-0.3, -0.25) is 10.1 Å². The molecule has 0 aromatic heterocycles. The second-order valence-electron chi connectivity index (χ2n) is 3.89. The van der Waals surface area contributed by atoms with Gasteiger partial charge in [0.25, 0.3) is 0 Å². The Morgan fingerprint density at radius 3 is 2.60 bits per heavy atom. The average Bonchev–Trinajstić information content (AvgIpc) is 2.39. The van der Waals surface area contributed by atoms with E-state index in [9.17, 15) is 18.9 Å². The summed E-state index contributed by atoms with van der Waals surface area (Å²) in [6.07, 6.45) is 0. The van der Waals surface area contributed by atoms with Crippen molar-refractivity contribution in [2.75, 3.05) is 0 Å². The van der Waals surface area contributed by atoms with Crippen LogP contribution in [0.25, 0.3) is 0 Å². The first-order valence-corrected chi connectivity index (χ1v) is 5.86. The van der Waals surface area contributed by atoms with Gasteiger partial charge in [-0.25, -0.2) is 4.39 Å². The van der Waals surface area contributed by atoms with Crippen LogP contribution in [0.4, 0.5) is 14.5 Å². The maximum absolute atomic E-state index is 13.4. The Morgan fingerprint density at radius 1 is 1.20 bits per heavy atom. The van der Waals surface area contributed by atoms with Gasteiger partial charge in [-0.1, -0.05) is 11.6 Å². The van der Waals surface area contributed by atoms with E-state index in [4.69, 9.17) is 16.3 Å². The van der Waals surface area contributed by atoms with E-state index < -0.39 is 22.2 Å². The molecule has 0 unspecified atom stereocenters. The van der Waals surface area contributed by atoms with Crippen molar-refractivity contribution in [1.82, 2.24) is 0 Å². The van der Waals surface area contributed by atoms with Crippen LogP contribution in [0.1, 0.15) is 5.56 Å². The Kier molecular flexibility index (Phi) is 4.14. The molecule has 2 rings (SSSR count). The molecular formula is C13H8ClF2NO3. The normalized spacial score (nSPS) is 10.3. The lowest BCUT2D eigenvalue weighted by Crippen LogP contribution is -1.99. The lowest BCUT2D eigenvalue weighted by Gasteiger charge is -2.08. The zero-order valence-corrected chi connectivity index (χ0v) is 10.7. The van der Waals surface area contributed by atoms with Gasteiger partial charge in [-0.2, -0.15) is 4.39 Å². The molecule has 0 aliphatic rings. The number of hydrogen-bond donors (Lipinski definition) is 0. The number of nitrogens with zero attached hydrogens (tertiary/aromatic N) is 1. The van der Waals surface area contributed by atoms with E-state index in [1.165, 1.54) is 24.3 Å². The third-order valence-electron chi connectivity index (χ3n) is 2.52. The highest BCUT2D eigenvalue weighted by Gasteiger charge is 2.14. The van der Waals surface area contributed by atoms with Gasteiger partial charge >= 0.3 is 5.69 Å². The van der Waals surface area contributed by atoms with Crippen LogP contribution in [0.3, 0.4) is 0 Å². The molecule has 0 saturated heterocycles. The first-order chi connectivity index (χ1) is 9.47. The van der Waals surface area contributed by atoms with E-state index in [1.54, 1.807) is 0 Å². The van der Waals surface area contributed by atoms with Crippen LogP contribution in [-0.4, -0.2) is 4.92 Å². The number of benzene rings is 2. The van der Waals surface area contributed by atoms with E-state index in [0.717, 1.165) is 12.1 Å². The number of nitro groups is 1. The molecule has 0 spiro atoms. The Bertz CT molecular complexity index is 664. The summed E-state index contributed by atoms with van der Waals surface area (Å²) in [6, 6.07) is 6.94. The molecule has 0 atom stereocenters. The first-order valence-electron chi connectivity index (χ1n) is 5.48. The Hall–Kier alpha value is -2.21. The second-order valence-corrected chi connectivity index (χ2v) is 4.30. The Morgan fingerprint density at radius 2 is 1.95 bits per heavy atom. The van der Waals surface area contributed by atoms with Crippen molar-refractivity contribution in [3.63, 3.8) is 0 Å². The molecule has 2 aromatic rings. The number of halogens is 3. The lowest BCUT2D eigenvalue weighted by atomic mass is 10.2. The van der Waals surface area contributed by atoms with Crippen LogP contribution in [0.2, 0.25) is 5.02 Å². The number of hydrogen-bond acceptors (Lipinski definition) is 3. The van der Waals surface area contributed by atoms with Crippen molar-refractivity contribution in [2.45, 2.75) is 6.61 Å². The topological polar surface area (TPSA) is 52.4 Å². The minimum atomic E-state index is -1.00. The lowest BCUT2D eigenvalue weighted by molar-refractivity contribution is -0.387. The van der Waals surface area contributed by atoms with E-state index in [1.807, 2.05) is 0 Å². The highest BCUT2D eigenvalue weighted by Crippen LogP contribution is 2.24. The quantitative estimate of drug-likeness (QED) is 0.630. The Balaban J connectivity index is 2.13. The van der Waals surface area contributed by atoms with Gasteiger partial charge in [0.05, 0.1) is 4.92 Å². The molecule has 0 heterocycles. The van der Waals surface area contributed by atoms with E-state index in [-0.39, 0.29) is 12.4 Å². The zero-order chi connectivity index (χ0) is 14.7. The zero-order valence-electron chi connectivity index (χ0n) is 9.98. The van der Waals surface area contributed by atoms with Gasteiger partial charge in [0.15, 0.2) is 0 Å². The summed E-state index contributed by atoms with van der Waals surface area (Å²) in [7, 11) is 0. The second kappa shape index (κ2) is 5.83. The maximum Gasteiger partial charge on any atom is 0.305 e. The van der Waals surface area contributed by atoms with Gasteiger partial charge in [-0.05, 0) is 24.3 Å². The predicted molar refractivity (Wildman–Crippen MR) is 68.8 cm³/mol. The summed E-state index contributed by atoms with van der Waals surface area (Å²) in [5.41, 5.74) is -0.244. The fourth-order valence-corrected chi connectivity index (χ4v) is 1.71. The van der Waals surface area contributed by atoms with Gasteiger partial charge < -0.3 is 4.74 Å². The molecule has 0 aliphatic heterocycles. The highest BCUT2D eigenvalue weighted by molar-refractivity contribution is 6.31. The van der Waals surface area contributed by atoms with E-state index in [0.29, 0.717) is 10.6 Å². The van der Waals surface area contributed by atoms with Crippen molar-refractivity contribution in [3.8, 4) is 5.75 Å². The monoisotopic (exact) mass is 299 g/mol. The van der Waals surface area contributed by atoms with Gasteiger partial charge in [0.1, 0.15) is 18.2 Å². The largest absolute Gasteiger partial charge is 0.489 e. The minimum Gasteiger partial charge on any atom is -0.489 e. The van der Waals surface area contributed by atoms with E-state index >= 15 is 0 Å².